The fourth-order valence-corrected chi connectivity index (χ4v) is 2.21. The second-order valence-electron chi connectivity index (χ2n) is 5.76. The van der Waals surface area contributed by atoms with E-state index < -0.39 is 0 Å². The minimum Gasteiger partial charge on any atom is -0.459 e. The van der Waals surface area contributed by atoms with Gasteiger partial charge in [0.15, 0.2) is 0 Å². The Bertz CT molecular complexity index is 258. The summed E-state index contributed by atoms with van der Waals surface area (Å²) in [4.78, 5) is 11.5. The van der Waals surface area contributed by atoms with Crippen LogP contribution in [-0.2, 0) is 9.53 Å². The number of unbranched alkanes of at least 4 members (excludes halogenated alkanes) is 4. The first-order valence-corrected chi connectivity index (χ1v) is 7.87. The van der Waals surface area contributed by atoms with Crippen molar-refractivity contribution < 1.29 is 9.53 Å². The maximum Gasteiger partial charge on any atom is 0.333 e. The van der Waals surface area contributed by atoms with Crippen molar-refractivity contribution in [3.8, 4) is 0 Å². The Hall–Kier alpha value is -0.790. The Labute approximate surface area is 119 Å². The zero-order chi connectivity index (χ0) is 14.7. The van der Waals surface area contributed by atoms with Crippen molar-refractivity contribution in [2.75, 3.05) is 0 Å². The predicted molar refractivity (Wildman–Crippen MR) is 82.1 cm³/mol. The molecule has 2 unspecified atom stereocenters. The van der Waals surface area contributed by atoms with Crippen molar-refractivity contribution in [3.63, 3.8) is 0 Å². The van der Waals surface area contributed by atoms with Gasteiger partial charge < -0.3 is 4.74 Å². The highest BCUT2D eigenvalue weighted by atomic mass is 16.5. The minimum atomic E-state index is -0.248. The summed E-state index contributed by atoms with van der Waals surface area (Å²) < 4.78 is 5.44. The second kappa shape index (κ2) is 11.1. The van der Waals surface area contributed by atoms with E-state index in [1.165, 1.54) is 38.5 Å². The zero-order valence-electron chi connectivity index (χ0n) is 13.3. The lowest BCUT2D eigenvalue weighted by molar-refractivity contribution is -0.145. The number of ether oxygens (including phenoxy) is 1. The third-order valence-electron chi connectivity index (χ3n) is 3.54. The van der Waals surface area contributed by atoms with Gasteiger partial charge in [-0.25, -0.2) is 4.79 Å². The molecular weight excluding hydrogens is 236 g/mol. The molecule has 0 fully saturated rings. The maximum atomic E-state index is 11.5. The third kappa shape index (κ3) is 9.75. The van der Waals surface area contributed by atoms with Crippen LogP contribution in [0.5, 0.6) is 0 Å². The van der Waals surface area contributed by atoms with Gasteiger partial charge in [-0.2, -0.15) is 0 Å². The molecule has 0 aromatic carbocycles. The van der Waals surface area contributed by atoms with Gasteiger partial charge in [0.05, 0.1) is 0 Å². The Morgan fingerprint density at radius 2 is 1.79 bits per heavy atom. The smallest absolute Gasteiger partial charge is 0.333 e. The SMILES string of the molecule is C=C(C)C(=O)OC(CC)CC(C)CCCCCCC. The minimum absolute atomic E-state index is 0.0508. The number of carbonyl (C=O) groups excluding carboxylic acids is 1. The fraction of sp³-hybridized carbons (Fsp3) is 0.824. The molecule has 19 heavy (non-hydrogen) atoms. The molecule has 2 heteroatoms. The van der Waals surface area contributed by atoms with Gasteiger partial charge in [0.25, 0.3) is 0 Å². The Morgan fingerprint density at radius 3 is 2.32 bits per heavy atom. The molecule has 0 N–H and O–H groups in total. The average Bonchev–Trinajstić information content (AvgIpc) is 2.37. The van der Waals surface area contributed by atoms with E-state index in [0.29, 0.717) is 11.5 Å². The van der Waals surface area contributed by atoms with Gasteiger partial charge in [-0.05, 0) is 25.7 Å². The lowest BCUT2D eigenvalue weighted by atomic mass is 9.95. The van der Waals surface area contributed by atoms with Gasteiger partial charge in [-0.1, -0.05) is 65.9 Å². The van der Waals surface area contributed by atoms with E-state index in [1.807, 2.05) is 0 Å². The molecule has 0 aliphatic heterocycles. The molecule has 0 aromatic heterocycles. The fourth-order valence-electron chi connectivity index (χ4n) is 2.21. The first kappa shape index (κ1) is 18.2. The normalized spacial score (nSPS) is 13.9. The van der Waals surface area contributed by atoms with Crippen molar-refractivity contribution in [1.29, 1.82) is 0 Å². The third-order valence-corrected chi connectivity index (χ3v) is 3.54. The summed E-state index contributed by atoms with van der Waals surface area (Å²) >= 11 is 0. The van der Waals surface area contributed by atoms with Crippen molar-refractivity contribution in [2.24, 2.45) is 5.92 Å². The van der Waals surface area contributed by atoms with Crippen LogP contribution < -0.4 is 0 Å². The van der Waals surface area contributed by atoms with Gasteiger partial charge in [0, 0.05) is 5.57 Å². The molecule has 0 saturated carbocycles. The molecule has 0 amide bonds. The van der Waals surface area contributed by atoms with Crippen LogP contribution in [-0.4, -0.2) is 12.1 Å². The van der Waals surface area contributed by atoms with Gasteiger partial charge in [0.2, 0.25) is 0 Å². The van der Waals surface area contributed by atoms with Crippen LogP contribution in [0.25, 0.3) is 0 Å². The number of esters is 1. The molecule has 112 valence electrons. The summed E-state index contributed by atoms with van der Waals surface area (Å²) in [6.45, 7) is 11.9. The van der Waals surface area contributed by atoms with Crippen LogP contribution >= 0.6 is 0 Å². The first-order valence-electron chi connectivity index (χ1n) is 7.87. The van der Waals surface area contributed by atoms with Gasteiger partial charge in [-0.15, -0.1) is 0 Å². The molecule has 0 aromatic rings. The highest BCUT2D eigenvalue weighted by Gasteiger charge is 2.16. The van der Waals surface area contributed by atoms with Crippen LogP contribution in [0.4, 0.5) is 0 Å². The van der Waals surface area contributed by atoms with Crippen molar-refractivity contribution >= 4 is 5.97 Å². The van der Waals surface area contributed by atoms with E-state index in [0.717, 1.165) is 12.8 Å². The van der Waals surface area contributed by atoms with Gasteiger partial charge in [-0.3, -0.25) is 0 Å². The topological polar surface area (TPSA) is 26.3 Å². The number of hydrogen-bond donors (Lipinski definition) is 0. The molecule has 0 aliphatic carbocycles. The summed E-state index contributed by atoms with van der Waals surface area (Å²) in [5.41, 5.74) is 0.491. The van der Waals surface area contributed by atoms with Crippen LogP contribution in [0.1, 0.15) is 79.1 Å². The summed E-state index contributed by atoms with van der Waals surface area (Å²) in [5, 5.41) is 0. The summed E-state index contributed by atoms with van der Waals surface area (Å²) in [6.07, 6.45) is 9.78. The van der Waals surface area contributed by atoms with E-state index in [-0.39, 0.29) is 12.1 Å². The van der Waals surface area contributed by atoms with Crippen LogP contribution in [0, 0.1) is 5.92 Å². The van der Waals surface area contributed by atoms with E-state index in [4.69, 9.17) is 4.74 Å². The van der Waals surface area contributed by atoms with Gasteiger partial charge >= 0.3 is 5.97 Å². The Kier molecular flexibility index (Phi) is 10.6. The molecular formula is C17H32O2. The Morgan fingerprint density at radius 1 is 1.16 bits per heavy atom. The van der Waals surface area contributed by atoms with Crippen molar-refractivity contribution in [3.05, 3.63) is 12.2 Å². The van der Waals surface area contributed by atoms with E-state index in [1.54, 1.807) is 6.92 Å². The number of carbonyl (C=O) groups is 1. The highest BCUT2D eigenvalue weighted by Crippen LogP contribution is 2.19. The van der Waals surface area contributed by atoms with Crippen LogP contribution in [0.15, 0.2) is 12.2 Å². The summed E-state index contributed by atoms with van der Waals surface area (Å²) in [5.74, 6) is 0.381. The van der Waals surface area contributed by atoms with Crippen LogP contribution in [0.2, 0.25) is 0 Å². The second-order valence-corrected chi connectivity index (χ2v) is 5.76. The molecule has 0 bridgehead atoms. The Balaban J connectivity index is 3.83. The molecule has 0 spiro atoms. The van der Waals surface area contributed by atoms with Gasteiger partial charge in [0.1, 0.15) is 6.10 Å². The molecule has 0 aliphatic rings. The lowest BCUT2D eigenvalue weighted by Gasteiger charge is -2.20. The quantitative estimate of drug-likeness (QED) is 0.290. The molecule has 2 nitrogen and oxygen atoms in total. The number of rotatable bonds is 11. The molecule has 0 heterocycles. The maximum absolute atomic E-state index is 11.5. The average molecular weight is 268 g/mol. The van der Waals surface area contributed by atoms with Crippen LogP contribution in [0.3, 0.4) is 0 Å². The van der Waals surface area contributed by atoms with Crippen molar-refractivity contribution in [2.45, 2.75) is 85.2 Å². The largest absolute Gasteiger partial charge is 0.459 e. The molecule has 0 saturated heterocycles. The highest BCUT2D eigenvalue weighted by molar-refractivity contribution is 5.87. The van der Waals surface area contributed by atoms with E-state index in [9.17, 15) is 4.79 Å². The van der Waals surface area contributed by atoms with E-state index in [2.05, 4.69) is 27.4 Å². The predicted octanol–water partition coefficient (Wildman–Crippen LogP) is 5.27. The first-order chi connectivity index (χ1) is 9.01. The summed E-state index contributed by atoms with van der Waals surface area (Å²) in [6, 6.07) is 0. The monoisotopic (exact) mass is 268 g/mol. The van der Waals surface area contributed by atoms with Crippen molar-refractivity contribution in [1.82, 2.24) is 0 Å². The standard InChI is InChI=1S/C17H32O2/c1-6-8-9-10-11-12-15(5)13-16(7-2)19-17(18)14(3)4/h15-16H,3,6-13H2,1-2,4-5H3. The molecule has 0 radical (unpaired) electrons. The lowest BCUT2D eigenvalue weighted by Crippen LogP contribution is -2.20. The summed E-state index contributed by atoms with van der Waals surface area (Å²) in [7, 11) is 0. The number of hydrogen-bond acceptors (Lipinski definition) is 2. The zero-order valence-corrected chi connectivity index (χ0v) is 13.3. The molecule has 0 rings (SSSR count). The molecule has 2 atom stereocenters. The van der Waals surface area contributed by atoms with E-state index >= 15 is 0 Å².